The van der Waals surface area contributed by atoms with E-state index < -0.39 is 0 Å². The molecule has 2 aromatic carbocycles. The van der Waals surface area contributed by atoms with E-state index >= 15 is 0 Å². The molecule has 0 radical (unpaired) electrons. The van der Waals surface area contributed by atoms with E-state index in [1.54, 1.807) is 19.4 Å². The molecular weight excluding hydrogens is 338 g/mol. The normalized spacial score (nSPS) is 10.5. The van der Waals surface area contributed by atoms with Crippen LogP contribution in [0.15, 0.2) is 66.9 Å². The molecule has 138 valence electrons. The van der Waals surface area contributed by atoms with Gasteiger partial charge < -0.3 is 15.4 Å². The molecule has 0 spiro atoms. The third-order valence-corrected chi connectivity index (χ3v) is 4.21. The first-order valence-corrected chi connectivity index (χ1v) is 8.84. The van der Waals surface area contributed by atoms with Crippen molar-refractivity contribution in [2.75, 3.05) is 17.7 Å². The predicted molar refractivity (Wildman–Crippen MR) is 109 cm³/mol. The minimum absolute atomic E-state index is 0.223. The van der Waals surface area contributed by atoms with Gasteiger partial charge in [-0.15, -0.1) is 0 Å². The largest absolute Gasteiger partial charge is 0.497 e. The van der Waals surface area contributed by atoms with Crippen LogP contribution in [0, 0.1) is 0 Å². The maximum absolute atomic E-state index is 12.5. The molecule has 0 bridgehead atoms. The third kappa shape index (κ3) is 4.64. The number of aromatic nitrogens is 1. The smallest absolute Gasteiger partial charge is 0.274 e. The van der Waals surface area contributed by atoms with E-state index in [-0.39, 0.29) is 5.91 Å². The molecular formula is C22H23N3O2. The Hall–Kier alpha value is -3.34. The lowest BCUT2D eigenvalue weighted by Crippen LogP contribution is -2.15. The molecule has 0 unspecified atom stereocenters. The molecule has 3 aromatic rings. The van der Waals surface area contributed by atoms with Crippen LogP contribution in [0.1, 0.15) is 35.8 Å². The summed E-state index contributed by atoms with van der Waals surface area (Å²) in [4.78, 5) is 16.8. The summed E-state index contributed by atoms with van der Waals surface area (Å²) in [6, 6.07) is 19.0. The molecule has 2 N–H and O–H groups in total. The molecule has 1 heterocycles. The molecule has 0 aliphatic carbocycles. The second kappa shape index (κ2) is 8.36. The van der Waals surface area contributed by atoms with Crippen LogP contribution in [-0.2, 0) is 0 Å². The van der Waals surface area contributed by atoms with Crippen molar-refractivity contribution in [3.63, 3.8) is 0 Å². The number of carbonyl (C=O) groups excluding carboxylic acids is 1. The van der Waals surface area contributed by atoms with Gasteiger partial charge in [0.25, 0.3) is 5.91 Å². The Bertz CT molecular complexity index is 904. The van der Waals surface area contributed by atoms with Gasteiger partial charge in [0.1, 0.15) is 11.4 Å². The zero-order valence-electron chi connectivity index (χ0n) is 15.7. The average Bonchev–Trinajstić information content (AvgIpc) is 2.69. The Labute approximate surface area is 159 Å². The van der Waals surface area contributed by atoms with Gasteiger partial charge in [-0.3, -0.25) is 4.79 Å². The van der Waals surface area contributed by atoms with Crippen molar-refractivity contribution in [3.8, 4) is 5.75 Å². The molecule has 5 heteroatoms. The van der Waals surface area contributed by atoms with Crippen molar-refractivity contribution >= 4 is 23.0 Å². The molecule has 3 rings (SSSR count). The standard InChI is InChI=1S/C22H23N3O2/c1-15(2)19-6-4-5-7-20(19)25-22(26)21-13-10-17(14-23-21)24-16-8-11-18(27-3)12-9-16/h4-15,24H,1-3H3,(H,25,26). The van der Waals surface area contributed by atoms with Crippen LogP contribution in [0.5, 0.6) is 5.75 Å². The Kier molecular flexibility index (Phi) is 5.71. The first-order chi connectivity index (χ1) is 13.1. The number of amides is 1. The SMILES string of the molecule is COc1ccc(Nc2ccc(C(=O)Nc3ccccc3C(C)C)nc2)cc1. The number of hydrogen-bond donors (Lipinski definition) is 2. The summed E-state index contributed by atoms with van der Waals surface area (Å²) in [5.74, 6) is 0.900. The number of para-hydroxylation sites is 1. The topological polar surface area (TPSA) is 63.2 Å². The fourth-order valence-corrected chi connectivity index (χ4v) is 2.74. The van der Waals surface area contributed by atoms with Gasteiger partial charge in [-0.1, -0.05) is 32.0 Å². The van der Waals surface area contributed by atoms with Crippen LogP contribution < -0.4 is 15.4 Å². The summed E-state index contributed by atoms with van der Waals surface area (Å²) < 4.78 is 5.15. The van der Waals surface area contributed by atoms with Crippen molar-refractivity contribution in [2.45, 2.75) is 19.8 Å². The molecule has 0 atom stereocenters. The number of carbonyl (C=O) groups is 1. The maximum atomic E-state index is 12.5. The van der Waals surface area contributed by atoms with Crippen LogP contribution in [0.2, 0.25) is 0 Å². The summed E-state index contributed by atoms with van der Waals surface area (Å²) in [6.45, 7) is 4.20. The minimum atomic E-state index is -0.223. The number of ether oxygens (including phenoxy) is 1. The van der Waals surface area contributed by atoms with Gasteiger partial charge in [0, 0.05) is 11.4 Å². The predicted octanol–water partition coefficient (Wildman–Crippen LogP) is 5.21. The first kappa shape index (κ1) is 18.5. The van der Waals surface area contributed by atoms with Crippen molar-refractivity contribution in [1.29, 1.82) is 0 Å². The number of rotatable bonds is 6. The zero-order chi connectivity index (χ0) is 19.2. The third-order valence-electron chi connectivity index (χ3n) is 4.21. The van der Waals surface area contributed by atoms with Gasteiger partial charge in [-0.2, -0.15) is 0 Å². The second-order valence-corrected chi connectivity index (χ2v) is 6.48. The number of pyridine rings is 1. The van der Waals surface area contributed by atoms with Gasteiger partial charge in [-0.25, -0.2) is 4.98 Å². The van der Waals surface area contributed by atoms with E-state index in [1.807, 2.05) is 54.6 Å². The highest BCUT2D eigenvalue weighted by Gasteiger charge is 2.12. The fourth-order valence-electron chi connectivity index (χ4n) is 2.74. The van der Waals surface area contributed by atoms with E-state index in [1.165, 1.54) is 0 Å². The molecule has 0 aliphatic heterocycles. The highest BCUT2D eigenvalue weighted by Crippen LogP contribution is 2.24. The number of anilines is 3. The summed E-state index contributed by atoms with van der Waals surface area (Å²) in [5.41, 5.74) is 4.01. The summed E-state index contributed by atoms with van der Waals surface area (Å²) >= 11 is 0. The zero-order valence-corrected chi connectivity index (χ0v) is 15.7. The number of methoxy groups -OCH3 is 1. The van der Waals surface area contributed by atoms with Gasteiger partial charge in [0.15, 0.2) is 0 Å². The van der Waals surface area contributed by atoms with Crippen LogP contribution >= 0.6 is 0 Å². The number of benzene rings is 2. The van der Waals surface area contributed by atoms with E-state index in [9.17, 15) is 4.79 Å². The van der Waals surface area contributed by atoms with Crippen LogP contribution in [-0.4, -0.2) is 18.0 Å². The lowest BCUT2D eigenvalue weighted by Gasteiger charge is -2.13. The monoisotopic (exact) mass is 361 g/mol. The first-order valence-electron chi connectivity index (χ1n) is 8.84. The van der Waals surface area contributed by atoms with Crippen molar-refractivity contribution in [3.05, 3.63) is 78.1 Å². The molecule has 27 heavy (non-hydrogen) atoms. The second-order valence-electron chi connectivity index (χ2n) is 6.48. The van der Waals surface area contributed by atoms with E-state index in [4.69, 9.17) is 4.74 Å². The fraction of sp³-hybridized carbons (Fsp3) is 0.182. The minimum Gasteiger partial charge on any atom is -0.497 e. The lowest BCUT2D eigenvalue weighted by atomic mass is 10.0. The van der Waals surface area contributed by atoms with E-state index in [0.717, 1.165) is 28.4 Å². The van der Waals surface area contributed by atoms with Gasteiger partial charge in [0.2, 0.25) is 0 Å². The quantitative estimate of drug-likeness (QED) is 0.633. The maximum Gasteiger partial charge on any atom is 0.274 e. The Morgan fingerprint density at radius 3 is 2.30 bits per heavy atom. The number of nitrogens with zero attached hydrogens (tertiary/aromatic N) is 1. The molecule has 1 amide bonds. The highest BCUT2D eigenvalue weighted by atomic mass is 16.5. The van der Waals surface area contributed by atoms with Gasteiger partial charge >= 0.3 is 0 Å². The molecule has 5 nitrogen and oxygen atoms in total. The average molecular weight is 361 g/mol. The molecule has 0 fully saturated rings. The van der Waals surface area contributed by atoms with Crippen LogP contribution in [0.3, 0.4) is 0 Å². The number of hydrogen-bond acceptors (Lipinski definition) is 4. The Morgan fingerprint density at radius 1 is 0.963 bits per heavy atom. The summed E-state index contributed by atoms with van der Waals surface area (Å²) in [6.07, 6.45) is 1.65. The van der Waals surface area contributed by atoms with Crippen molar-refractivity contribution < 1.29 is 9.53 Å². The highest BCUT2D eigenvalue weighted by molar-refractivity contribution is 6.03. The summed E-state index contributed by atoms with van der Waals surface area (Å²) in [5, 5.41) is 6.20. The van der Waals surface area contributed by atoms with Gasteiger partial charge in [0.05, 0.1) is 19.0 Å². The van der Waals surface area contributed by atoms with Gasteiger partial charge in [-0.05, 0) is 53.9 Å². The van der Waals surface area contributed by atoms with E-state index in [2.05, 4.69) is 29.5 Å². The van der Waals surface area contributed by atoms with Crippen molar-refractivity contribution in [1.82, 2.24) is 4.98 Å². The molecule has 1 aromatic heterocycles. The number of nitrogens with one attached hydrogen (secondary N) is 2. The summed E-state index contributed by atoms with van der Waals surface area (Å²) in [7, 11) is 1.63. The molecule has 0 saturated heterocycles. The Morgan fingerprint density at radius 2 is 1.67 bits per heavy atom. The molecule has 0 saturated carbocycles. The Balaban J connectivity index is 1.68. The van der Waals surface area contributed by atoms with Crippen LogP contribution in [0.4, 0.5) is 17.1 Å². The van der Waals surface area contributed by atoms with E-state index in [0.29, 0.717) is 11.6 Å². The van der Waals surface area contributed by atoms with Crippen LogP contribution in [0.25, 0.3) is 0 Å². The molecule has 0 aliphatic rings. The van der Waals surface area contributed by atoms with Crippen molar-refractivity contribution in [2.24, 2.45) is 0 Å². The lowest BCUT2D eigenvalue weighted by molar-refractivity contribution is 0.102.